The predicted molar refractivity (Wildman–Crippen MR) is 290 cm³/mol. The SMILES string of the molecule is C1=Cc2cccc(N(c3ccc(-c4cccc5cccc(-c6ccc(N(c7cccc(-c8ccccc8)c7)c7cccc8ccccc78)cc6)c45)cc3)c3cccc(-c4ccccc4)c3)c2CC1. The standard InChI is InChI=1S/C66H48N2/c1-3-17-47(18-4-1)54-27-11-29-58(45-54)67(64-35-15-23-49-21-7-9-31-60(49)64)56-41-37-51(38-42-56)62-33-13-25-53-26-14-34-63(66(53)62)52-39-43-57(44-40-52)68(65-36-16-24-50-22-8-10-32-61(50)65)59-30-12-28-55(46-59)48-19-5-2-6-20-48/h1-9,11-31,33-46H,10,32H2. The Kier molecular flexibility index (Phi) is 10.7. The minimum Gasteiger partial charge on any atom is -0.310 e. The second-order valence-electron chi connectivity index (χ2n) is 17.6. The molecule has 0 aliphatic heterocycles. The molecule has 1 aliphatic carbocycles. The quantitative estimate of drug-likeness (QED) is 0.135. The van der Waals surface area contributed by atoms with Crippen LogP contribution in [0.5, 0.6) is 0 Å². The Morgan fingerprint density at radius 3 is 1.40 bits per heavy atom. The summed E-state index contributed by atoms with van der Waals surface area (Å²) in [6.07, 6.45) is 6.62. The zero-order valence-electron chi connectivity index (χ0n) is 37.7. The van der Waals surface area contributed by atoms with Crippen molar-refractivity contribution in [3.05, 3.63) is 272 Å². The molecule has 2 heteroatoms. The molecule has 0 radical (unpaired) electrons. The van der Waals surface area contributed by atoms with Crippen molar-refractivity contribution in [3.8, 4) is 44.5 Å². The third kappa shape index (κ3) is 7.72. The lowest BCUT2D eigenvalue weighted by Gasteiger charge is -2.30. The minimum absolute atomic E-state index is 1.01. The summed E-state index contributed by atoms with van der Waals surface area (Å²) in [7, 11) is 0. The summed E-state index contributed by atoms with van der Waals surface area (Å²) in [5.74, 6) is 0. The summed E-state index contributed by atoms with van der Waals surface area (Å²) in [6, 6.07) is 92.9. The molecule has 0 saturated carbocycles. The van der Waals surface area contributed by atoms with Crippen molar-refractivity contribution in [2.75, 3.05) is 9.80 Å². The van der Waals surface area contributed by atoms with Crippen LogP contribution in [-0.2, 0) is 6.42 Å². The fourth-order valence-electron chi connectivity index (χ4n) is 10.2. The van der Waals surface area contributed by atoms with E-state index in [0.29, 0.717) is 0 Å². The molecular formula is C66H48N2. The Balaban J connectivity index is 0.938. The second-order valence-corrected chi connectivity index (χ2v) is 17.6. The van der Waals surface area contributed by atoms with Crippen molar-refractivity contribution in [3.63, 3.8) is 0 Å². The van der Waals surface area contributed by atoms with Crippen molar-refractivity contribution < 1.29 is 0 Å². The minimum atomic E-state index is 1.01. The average Bonchev–Trinajstić information content (AvgIpc) is 3.42. The highest BCUT2D eigenvalue weighted by molar-refractivity contribution is 6.07. The van der Waals surface area contributed by atoms with Crippen molar-refractivity contribution >= 4 is 61.7 Å². The van der Waals surface area contributed by atoms with Gasteiger partial charge < -0.3 is 9.80 Å². The van der Waals surface area contributed by atoms with Crippen molar-refractivity contribution in [1.82, 2.24) is 0 Å². The second kappa shape index (κ2) is 17.9. The van der Waals surface area contributed by atoms with Crippen molar-refractivity contribution in [1.29, 1.82) is 0 Å². The molecule has 0 aromatic heterocycles. The monoisotopic (exact) mass is 868 g/mol. The molecule has 0 heterocycles. The summed E-state index contributed by atoms with van der Waals surface area (Å²) in [6.45, 7) is 0. The van der Waals surface area contributed by atoms with E-state index in [1.54, 1.807) is 0 Å². The van der Waals surface area contributed by atoms with Gasteiger partial charge in [-0.15, -0.1) is 0 Å². The Morgan fingerprint density at radius 2 is 0.779 bits per heavy atom. The molecule has 0 bridgehead atoms. The zero-order chi connectivity index (χ0) is 45.2. The highest BCUT2D eigenvalue weighted by Crippen LogP contribution is 2.45. The molecule has 2 nitrogen and oxygen atoms in total. The number of allylic oxidation sites excluding steroid dienone is 1. The summed E-state index contributed by atoms with van der Waals surface area (Å²) in [5, 5.41) is 4.88. The number of hydrogen-bond acceptors (Lipinski definition) is 2. The van der Waals surface area contributed by atoms with Crippen LogP contribution in [0.2, 0.25) is 0 Å². The number of anilines is 6. The van der Waals surface area contributed by atoms with Gasteiger partial charge in [0.05, 0.1) is 5.69 Å². The highest BCUT2D eigenvalue weighted by Gasteiger charge is 2.21. The molecule has 0 fully saturated rings. The Hall–Kier alpha value is -8.72. The van der Waals surface area contributed by atoms with E-state index in [-0.39, 0.29) is 0 Å². The molecule has 0 N–H and O–H groups in total. The van der Waals surface area contributed by atoms with Gasteiger partial charge in [0.15, 0.2) is 0 Å². The molecule has 68 heavy (non-hydrogen) atoms. The van der Waals surface area contributed by atoms with Gasteiger partial charge in [0.2, 0.25) is 0 Å². The normalized spacial score (nSPS) is 11.9. The van der Waals surface area contributed by atoms with Gasteiger partial charge in [-0.05, 0) is 145 Å². The Bertz CT molecular complexity index is 3600. The van der Waals surface area contributed by atoms with Crippen LogP contribution in [0.25, 0.3) is 72.1 Å². The van der Waals surface area contributed by atoms with Crippen LogP contribution < -0.4 is 9.80 Å². The fourth-order valence-corrected chi connectivity index (χ4v) is 10.2. The number of hydrogen-bond donors (Lipinski definition) is 0. The molecule has 0 amide bonds. The van der Waals surface area contributed by atoms with E-state index in [4.69, 9.17) is 0 Å². The van der Waals surface area contributed by atoms with E-state index in [1.165, 1.54) is 82.9 Å². The third-order valence-corrected chi connectivity index (χ3v) is 13.5. The first-order valence-corrected chi connectivity index (χ1v) is 23.6. The smallest absolute Gasteiger partial charge is 0.0540 e. The van der Waals surface area contributed by atoms with Crippen LogP contribution in [0.15, 0.2) is 261 Å². The lowest BCUT2D eigenvalue weighted by atomic mass is 9.91. The van der Waals surface area contributed by atoms with Crippen LogP contribution in [0, 0.1) is 0 Å². The van der Waals surface area contributed by atoms with Crippen molar-refractivity contribution in [2.45, 2.75) is 12.8 Å². The predicted octanol–water partition coefficient (Wildman–Crippen LogP) is 18.6. The van der Waals surface area contributed by atoms with Gasteiger partial charge in [-0.3, -0.25) is 0 Å². The number of rotatable bonds is 10. The third-order valence-electron chi connectivity index (χ3n) is 13.5. The summed E-state index contributed by atoms with van der Waals surface area (Å²) < 4.78 is 0. The Morgan fingerprint density at radius 1 is 0.309 bits per heavy atom. The average molecular weight is 869 g/mol. The van der Waals surface area contributed by atoms with Crippen molar-refractivity contribution in [2.24, 2.45) is 0 Å². The molecule has 12 rings (SSSR count). The Labute approximate surface area is 399 Å². The first kappa shape index (κ1) is 40.8. The van der Waals surface area contributed by atoms with Gasteiger partial charge in [0.25, 0.3) is 0 Å². The zero-order valence-corrected chi connectivity index (χ0v) is 37.7. The van der Waals surface area contributed by atoms with E-state index < -0.39 is 0 Å². The van der Waals surface area contributed by atoms with E-state index in [2.05, 4.69) is 277 Å². The topological polar surface area (TPSA) is 6.48 Å². The summed E-state index contributed by atoms with van der Waals surface area (Å²) in [4.78, 5) is 4.85. The number of nitrogens with zero attached hydrogens (tertiary/aromatic N) is 2. The van der Waals surface area contributed by atoms with Crippen LogP contribution in [0.3, 0.4) is 0 Å². The molecule has 0 saturated heterocycles. The molecular weight excluding hydrogens is 821 g/mol. The molecule has 11 aromatic rings. The number of fused-ring (bicyclic) bond motifs is 3. The van der Waals surface area contributed by atoms with E-state index in [1.807, 2.05) is 0 Å². The molecule has 1 aliphatic rings. The number of benzene rings is 11. The molecule has 0 atom stereocenters. The van der Waals surface area contributed by atoms with Gasteiger partial charge in [0.1, 0.15) is 0 Å². The van der Waals surface area contributed by atoms with E-state index in [9.17, 15) is 0 Å². The summed E-state index contributed by atoms with van der Waals surface area (Å²) >= 11 is 0. The van der Waals surface area contributed by atoms with Crippen LogP contribution in [-0.4, -0.2) is 0 Å². The van der Waals surface area contributed by atoms with Crippen LogP contribution in [0.1, 0.15) is 17.5 Å². The maximum atomic E-state index is 2.45. The maximum Gasteiger partial charge on any atom is 0.0540 e. The van der Waals surface area contributed by atoms with Gasteiger partial charge in [0, 0.05) is 33.8 Å². The largest absolute Gasteiger partial charge is 0.310 e. The van der Waals surface area contributed by atoms with Crippen LogP contribution >= 0.6 is 0 Å². The molecule has 0 unspecified atom stereocenters. The fraction of sp³-hybridized carbons (Fsp3) is 0.0303. The first-order chi connectivity index (χ1) is 33.7. The molecule has 11 aromatic carbocycles. The molecule has 0 spiro atoms. The van der Waals surface area contributed by atoms with Gasteiger partial charge in [-0.2, -0.15) is 0 Å². The van der Waals surface area contributed by atoms with Gasteiger partial charge >= 0.3 is 0 Å². The maximum absolute atomic E-state index is 2.45. The van der Waals surface area contributed by atoms with E-state index in [0.717, 1.165) is 41.3 Å². The molecule has 322 valence electrons. The van der Waals surface area contributed by atoms with Crippen LogP contribution in [0.4, 0.5) is 34.1 Å². The lowest BCUT2D eigenvalue weighted by Crippen LogP contribution is -2.13. The van der Waals surface area contributed by atoms with E-state index >= 15 is 0 Å². The van der Waals surface area contributed by atoms with Gasteiger partial charge in [-0.1, -0.05) is 206 Å². The first-order valence-electron chi connectivity index (χ1n) is 23.6. The summed E-state index contributed by atoms with van der Waals surface area (Å²) in [5.41, 5.74) is 19.1. The lowest BCUT2D eigenvalue weighted by molar-refractivity contribution is 0.979. The van der Waals surface area contributed by atoms with Gasteiger partial charge in [-0.25, -0.2) is 0 Å². The highest BCUT2D eigenvalue weighted by atomic mass is 15.1.